The van der Waals surface area contributed by atoms with Gasteiger partial charge >= 0.3 is 0 Å². The fourth-order valence-electron chi connectivity index (χ4n) is 9.09. The molecule has 0 saturated carbocycles. The number of aromatic nitrogens is 3. The lowest BCUT2D eigenvalue weighted by Gasteiger charge is -2.17. The molecular formula is C57H35N3S. The average molecular weight is 794 g/mol. The smallest absolute Gasteiger partial charge is 0.165 e. The van der Waals surface area contributed by atoms with E-state index in [0.717, 1.165) is 60.5 Å². The molecule has 2 heterocycles. The van der Waals surface area contributed by atoms with Gasteiger partial charge in [-0.15, -0.1) is 11.3 Å². The van der Waals surface area contributed by atoms with E-state index in [1.165, 1.54) is 42.1 Å². The van der Waals surface area contributed by atoms with Gasteiger partial charge in [-0.2, -0.15) is 0 Å². The Morgan fingerprint density at radius 3 is 1.59 bits per heavy atom. The minimum absolute atomic E-state index is 0.635. The highest BCUT2D eigenvalue weighted by Crippen LogP contribution is 2.44. The lowest BCUT2D eigenvalue weighted by molar-refractivity contribution is 1.08. The van der Waals surface area contributed by atoms with Crippen molar-refractivity contribution in [2.24, 2.45) is 0 Å². The molecule has 3 nitrogen and oxygen atoms in total. The van der Waals surface area contributed by atoms with Gasteiger partial charge in [0.1, 0.15) is 0 Å². The zero-order valence-electron chi connectivity index (χ0n) is 33.0. The van der Waals surface area contributed by atoms with E-state index in [-0.39, 0.29) is 0 Å². The number of thiophene rings is 1. The van der Waals surface area contributed by atoms with E-state index in [4.69, 9.17) is 15.0 Å². The first-order chi connectivity index (χ1) is 30.2. The standard InChI is InChI=1S/C57H35N3S/c1-3-16-36(17-4-1)44-31-30-38-20-7-10-23-43(38)53(44)57-59-55(58-56(60-57)50-28-15-27-48-47-26-13-14-29-52(47)61-54(48)50)49-33-32-42(45-24-11-12-25-46(45)49)40-34-39-21-8-9-22-41(39)51(35-40)37-18-5-2-6-19-37/h1-35H. The zero-order valence-corrected chi connectivity index (χ0v) is 33.8. The minimum Gasteiger partial charge on any atom is -0.208 e. The van der Waals surface area contributed by atoms with Gasteiger partial charge in [-0.25, -0.2) is 15.0 Å². The molecule has 0 aliphatic carbocycles. The molecule has 0 amide bonds. The zero-order chi connectivity index (χ0) is 40.3. The Bertz CT molecular complexity index is 3650. The van der Waals surface area contributed by atoms with E-state index >= 15 is 0 Å². The van der Waals surface area contributed by atoms with Crippen LogP contribution in [0, 0.1) is 0 Å². The van der Waals surface area contributed by atoms with Crippen molar-refractivity contribution in [1.29, 1.82) is 0 Å². The monoisotopic (exact) mass is 793 g/mol. The molecular weight excluding hydrogens is 759 g/mol. The van der Waals surface area contributed by atoms with Gasteiger partial charge in [-0.05, 0) is 96.0 Å². The lowest BCUT2D eigenvalue weighted by Crippen LogP contribution is -2.02. The fourth-order valence-corrected chi connectivity index (χ4v) is 10.3. The van der Waals surface area contributed by atoms with E-state index in [1.54, 1.807) is 11.3 Å². The van der Waals surface area contributed by atoms with Gasteiger partial charge in [0.25, 0.3) is 0 Å². The summed E-state index contributed by atoms with van der Waals surface area (Å²) < 4.78 is 2.41. The van der Waals surface area contributed by atoms with Crippen LogP contribution in [0.3, 0.4) is 0 Å². The van der Waals surface area contributed by atoms with Gasteiger partial charge in [0, 0.05) is 36.9 Å². The largest absolute Gasteiger partial charge is 0.208 e. The summed E-state index contributed by atoms with van der Waals surface area (Å²) in [4.78, 5) is 16.4. The SMILES string of the molecule is c1ccc(-c2ccc3ccccc3c2-c2nc(-c3ccc(-c4cc(-c5ccccc5)c5ccccc5c4)c4ccccc34)nc(-c3cccc4c3sc3ccccc34)n2)cc1. The maximum absolute atomic E-state index is 5.49. The van der Waals surface area contributed by atoms with Gasteiger partial charge in [-0.3, -0.25) is 0 Å². The van der Waals surface area contributed by atoms with Gasteiger partial charge in [-0.1, -0.05) is 182 Å². The fraction of sp³-hybridized carbons (Fsp3) is 0. The average Bonchev–Trinajstić information content (AvgIpc) is 3.72. The highest BCUT2D eigenvalue weighted by atomic mass is 32.1. The summed E-state index contributed by atoms with van der Waals surface area (Å²) in [5.74, 6) is 1.93. The first-order valence-corrected chi connectivity index (χ1v) is 21.4. The Labute approximate surface area is 356 Å². The summed E-state index contributed by atoms with van der Waals surface area (Å²) in [5.41, 5.74) is 9.87. The van der Waals surface area contributed by atoms with E-state index in [0.29, 0.717) is 17.5 Å². The third kappa shape index (κ3) is 5.99. The predicted molar refractivity (Wildman–Crippen MR) is 258 cm³/mol. The second-order valence-electron chi connectivity index (χ2n) is 15.5. The number of rotatable bonds is 6. The molecule has 12 aromatic rings. The van der Waals surface area contributed by atoms with E-state index in [2.05, 4.69) is 212 Å². The Balaban J connectivity index is 1.13. The molecule has 0 saturated heterocycles. The number of fused-ring (bicyclic) bond motifs is 6. The van der Waals surface area contributed by atoms with E-state index in [9.17, 15) is 0 Å². The molecule has 2 aromatic heterocycles. The quantitative estimate of drug-likeness (QED) is 0.168. The Kier molecular flexibility index (Phi) is 8.36. The topological polar surface area (TPSA) is 38.7 Å². The molecule has 0 unspecified atom stereocenters. The summed E-state index contributed by atoms with van der Waals surface area (Å²) in [5, 5.41) is 9.34. The molecule has 284 valence electrons. The summed E-state index contributed by atoms with van der Waals surface area (Å²) >= 11 is 1.79. The summed E-state index contributed by atoms with van der Waals surface area (Å²) in [7, 11) is 0. The molecule has 0 radical (unpaired) electrons. The second-order valence-corrected chi connectivity index (χ2v) is 16.5. The minimum atomic E-state index is 0.635. The van der Waals surface area contributed by atoms with Crippen LogP contribution in [0.15, 0.2) is 212 Å². The molecule has 0 aliphatic rings. The number of nitrogens with zero attached hydrogens (tertiary/aromatic N) is 3. The van der Waals surface area contributed by atoms with Crippen molar-refractivity contribution in [3.63, 3.8) is 0 Å². The first kappa shape index (κ1) is 35.2. The Morgan fingerprint density at radius 1 is 0.279 bits per heavy atom. The lowest BCUT2D eigenvalue weighted by atomic mass is 9.90. The molecule has 0 fully saturated rings. The normalized spacial score (nSPS) is 11.6. The van der Waals surface area contributed by atoms with Crippen molar-refractivity contribution in [3.8, 4) is 67.5 Å². The molecule has 0 atom stereocenters. The molecule has 0 N–H and O–H groups in total. The van der Waals surface area contributed by atoms with Gasteiger partial charge in [0.15, 0.2) is 17.5 Å². The van der Waals surface area contributed by atoms with Gasteiger partial charge < -0.3 is 0 Å². The van der Waals surface area contributed by atoms with Crippen molar-refractivity contribution in [1.82, 2.24) is 15.0 Å². The van der Waals surface area contributed by atoms with Crippen molar-refractivity contribution in [2.75, 3.05) is 0 Å². The maximum atomic E-state index is 5.49. The molecule has 12 rings (SSSR count). The van der Waals surface area contributed by atoms with Gasteiger partial charge in [0.2, 0.25) is 0 Å². The molecule has 0 aliphatic heterocycles. The van der Waals surface area contributed by atoms with Crippen molar-refractivity contribution >= 4 is 63.8 Å². The van der Waals surface area contributed by atoms with Crippen molar-refractivity contribution in [3.05, 3.63) is 212 Å². The van der Waals surface area contributed by atoms with Crippen LogP contribution in [0.4, 0.5) is 0 Å². The van der Waals surface area contributed by atoms with Crippen LogP contribution >= 0.6 is 11.3 Å². The van der Waals surface area contributed by atoms with Gasteiger partial charge in [0.05, 0.1) is 0 Å². The highest BCUT2D eigenvalue weighted by Gasteiger charge is 2.22. The molecule has 10 aromatic carbocycles. The van der Waals surface area contributed by atoms with Crippen molar-refractivity contribution < 1.29 is 0 Å². The summed E-state index contributed by atoms with van der Waals surface area (Å²) in [6.07, 6.45) is 0. The van der Waals surface area contributed by atoms with E-state index < -0.39 is 0 Å². The number of hydrogen-bond acceptors (Lipinski definition) is 4. The van der Waals surface area contributed by atoms with Crippen LogP contribution < -0.4 is 0 Å². The van der Waals surface area contributed by atoms with Crippen LogP contribution in [0.2, 0.25) is 0 Å². The summed E-state index contributed by atoms with van der Waals surface area (Å²) in [6, 6.07) is 75.8. The number of benzene rings is 10. The third-order valence-electron chi connectivity index (χ3n) is 11.9. The number of hydrogen-bond donors (Lipinski definition) is 0. The van der Waals surface area contributed by atoms with Crippen LogP contribution in [0.5, 0.6) is 0 Å². The molecule has 0 spiro atoms. The predicted octanol–water partition coefficient (Wildman–Crippen LogP) is 15.7. The molecule has 0 bridgehead atoms. The second kappa shape index (κ2) is 14.5. The Morgan fingerprint density at radius 2 is 0.820 bits per heavy atom. The highest BCUT2D eigenvalue weighted by molar-refractivity contribution is 7.26. The molecule has 4 heteroatoms. The van der Waals surface area contributed by atoms with Crippen molar-refractivity contribution in [2.45, 2.75) is 0 Å². The maximum Gasteiger partial charge on any atom is 0.165 e. The third-order valence-corrected chi connectivity index (χ3v) is 13.2. The first-order valence-electron chi connectivity index (χ1n) is 20.6. The van der Waals surface area contributed by atoms with Crippen LogP contribution in [0.25, 0.3) is 120 Å². The van der Waals surface area contributed by atoms with Crippen LogP contribution in [0.1, 0.15) is 0 Å². The van der Waals surface area contributed by atoms with E-state index in [1.807, 2.05) is 0 Å². The summed E-state index contributed by atoms with van der Waals surface area (Å²) in [6.45, 7) is 0. The Hall–Kier alpha value is -7.79. The van der Waals surface area contributed by atoms with Crippen LogP contribution in [-0.4, -0.2) is 15.0 Å². The van der Waals surface area contributed by atoms with Crippen LogP contribution in [-0.2, 0) is 0 Å². The molecule has 61 heavy (non-hydrogen) atoms.